The number of amides is 3. The molecule has 0 saturated carbocycles. The maximum absolute atomic E-state index is 13.3. The van der Waals surface area contributed by atoms with Crippen LogP contribution in [0.2, 0.25) is 0 Å². The van der Waals surface area contributed by atoms with Crippen molar-refractivity contribution in [1.29, 1.82) is 0 Å². The van der Waals surface area contributed by atoms with Crippen LogP contribution in [-0.2, 0) is 20.8 Å². The van der Waals surface area contributed by atoms with Gasteiger partial charge in [-0.2, -0.15) is 0 Å². The molecule has 3 aliphatic rings. The van der Waals surface area contributed by atoms with Crippen LogP contribution in [-0.4, -0.2) is 58.2 Å². The molecule has 0 unspecified atom stereocenters. The Morgan fingerprint density at radius 3 is 2.53 bits per heavy atom. The zero-order valence-electron chi connectivity index (χ0n) is 18.3. The van der Waals surface area contributed by atoms with Gasteiger partial charge in [0.05, 0.1) is 0 Å². The fourth-order valence-electron chi connectivity index (χ4n) is 5.95. The van der Waals surface area contributed by atoms with E-state index in [0.29, 0.717) is 25.4 Å². The molecule has 30 heavy (non-hydrogen) atoms. The van der Waals surface area contributed by atoms with Crippen LogP contribution < -0.4 is 5.32 Å². The first kappa shape index (κ1) is 20.9. The highest BCUT2D eigenvalue weighted by molar-refractivity contribution is 5.90. The average Bonchev–Trinajstić information content (AvgIpc) is 2.70. The lowest BCUT2D eigenvalue weighted by Crippen LogP contribution is -2.68. The predicted octanol–water partition coefficient (Wildman–Crippen LogP) is 2.37. The van der Waals surface area contributed by atoms with E-state index in [1.54, 1.807) is 13.8 Å². The lowest BCUT2D eigenvalue weighted by Gasteiger charge is -2.57. The topological polar surface area (TPSA) is 69.7 Å². The molecule has 0 spiro atoms. The van der Waals surface area contributed by atoms with Crippen molar-refractivity contribution in [3.63, 3.8) is 0 Å². The van der Waals surface area contributed by atoms with E-state index in [-0.39, 0.29) is 35.7 Å². The molecule has 0 aliphatic carbocycles. The molecule has 0 radical (unpaired) electrons. The van der Waals surface area contributed by atoms with Crippen molar-refractivity contribution in [2.45, 2.75) is 70.5 Å². The maximum atomic E-state index is 13.3. The van der Waals surface area contributed by atoms with Crippen molar-refractivity contribution in [2.24, 2.45) is 11.8 Å². The van der Waals surface area contributed by atoms with E-state index < -0.39 is 5.54 Å². The quantitative estimate of drug-likeness (QED) is 0.827. The molecule has 1 aromatic carbocycles. The minimum Gasteiger partial charge on any atom is -0.342 e. The van der Waals surface area contributed by atoms with Crippen molar-refractivity contribution in [3.8, 4) is 0 Å². The predicted molar refractivity (Wildman–Crippen MR) is 114 cm³/mol. The van der Waals surface area contributed by atoms with Gasteiger partial charge in [0.25, 0.3) is 0 Å². The van der Waals surface area contributed by atoms with Crippen LogP contribution in [0.5, 0.6) is 0 Å². The molecule has 3 amide bonds. The summed E-state index contributed by atoms with van der Waals surface area (Å²) in [6, 6.07) is 10.7. The molecule has 1 N–H and O–H groups in total. The van der Waals surface area contributed by atoms with Gasteiger partial charge in [-0.1, -0.05) is 30.3 Å². The second-order valence-electron chi connectivity index (χ2n) is 9.79. The fourth-order valence-corrected chi connectivity index (χ4v) is 5.95. The number of fused-ring (bicyclic) bond motifs is 4. The summed E-state index contributed by atoms with van der Waals surface area (Å²) in [5, 5.41) is 2.80. The molecule has 3 saturated heterocycles. The van der Waals surface area contributed by atoms with E-state index in [9.17, 15) is 14.4 Å². The number of benzene rings is 1. The highest BCUT2D eigenvalue weighted by Gasteiger charge is 2.51. The lowest BCUT2D eigenvalue weighted by molar-refractivity contribution is -0.158. The third-order valence-corrected chi connectivity index (χ3v) is 7.09. The van der Waals surface area contributed by atoms with Gasteiger partial charge < -0.3 is 15.1 Å². The number of nitrogens with one attached hydrogen (secondary N) is 1. The van der Waals surface area contributed by atoms with Gasteiger partial charge in [-0.15, -0.1) is 0 Å². The first-order chi connectivity index (χ1) is 14.3. The van der Waals surface area contributed by atoms with Gasteiger partial charge in [-0.3, -0.25) is 14.4 Å². The zero-order valence-corrected chi connectivity index (χ0v) is 18.3. The first-order valence-corrected chi connectivity index (χ1v) is 11.2. The molecule has 3 fully saturated rings. The molecule has 6 heteroatoms. The van der Waals surface area contributed by atoms with E-state index in [1.807, 2.05) is 23.1 Å². The molecular formula is C24H33N3O3. The van der Waals surface area contributed by atoms with Gasteiger partial charge in [0.2, 0.25) is 17.7 Å². The molecule has 3 aliphatic heterocycles. The summed E-state index contributed by atoms with van der Waals surface area (Å²) < 4.78 is 0. The van der Waals surface area contributed by atoms with E-state index in [2.05, 4.69) is 22.3 Å². The van der Waals surface area contributed by atoms with Crippen LogP contribution in [0, 0.1) is 11.8 Å². The van der Waals surface area contributed by atoms with Gasteiger partial charge >= 0.3 is 0 Å². The van der Waals surface area contributed by atoms with Gasteiger partial charge in [-0.05, 0) is 56.9 Å². The molecule has 4 rings (SSSR count). The number of hydrogen-bond acceptors (Lipinski definition) is 3. The summed E-state index contributed by atoms with van der Waals surface area (Å²) in [4.78, 5) is 42.0. The van der Waals surface area contributed by atoms with Crippen LogP contribution in [0.4, 0.5) is 0 Å². The molecular weight excluding hydrogens is 378 g/mol. The number of likely N-dealkylation sites (tertiary alicyclic amines) is 1. The van der Waals surface area contributed by atoms with Crippen molar-refractivity contribution in [2.75, 3.05) is 13.1 Å². The van der Waals surface area contributed by atoms with E-state index in [4.69, 9.17) is 0 Å². The van der Waals surface area contributed by atoms with Gasteiger partial charge in [0, 0.05) is 38.5 Å². The minimum absolute atomic E-state index is 0.0264. The summed E-state index contributed by atoms with van der Waals surface area (Å²) in [6.07, 6.45) is 4.49. The number of hydrogen-bond donors (Lipinski definition) is 1. The third-order valence-electron chi connectivity index (χ3n) is 7.09. The van der Waals surface area contributed by atoms with Crippen molar-refractivity contribution < 1.29 is 14.4 Å². The van der Waals surface area contributed by atoms with Crippen molar-refractivity contribution in [1.82, 2.24) is 15.1 Å². The number of carbonyl (C=O) groups is 3. The minimum atomic E-state index is -0.922. The summed E-state index contributed by atoms with van der Waals surface area (Å²) in [6.45, 7) is 6.32. The Bertz CT molecular complexity index is 822. The maximum Gasteiger partial charge on any atom is 0.247 e. The number of nitrogens with zero attached hydrogens (tertiary/aromatic N) is 2. The highest BCUT2D eigenvalue weighted by atomic mass is 16.2. The van der Waals surface area contributed by atoms with Crippen LogP contribution >= 0.6 is 0 Å². The van der Waals surface area contributed by atoms with Crippen LogP contribution in [0.15, 0.2) is 30.3 Å². The number of carbonyl (C=O) groups excluding carboxylic acids is 3. The summed E-state index contributed by atoms with van der Waals surface area (Å²) in [5.74, 6) is 0.634. The largest absolute Gasteiger partial charge is 0.342 e. The molecule has 2 bridgehead atoms. The molecule has 6 nitrogen and oxygen atoms in total. The fraction of sp³-hybridized carbons (Fsp3) is 0.625. The van der Waals surface area contributed by atoms with Crippen LogP contribution in [0.3, 0.4) is 0 Å². The second kappa shape index (κ2) is 8.05. The monoisotopic (exact) mass is 411 g/mol. The molecule has 162 valence electrons. The average molecular weight is 412 g/mol. The molecule has 1 aromatic rings. The standard InChI is InChI=1S/C24H33N3O3/c1-16(28)25-24(2,3)23(30)26-14-18-13-19(15-26)21(12-17-8-5-4-6-9-17)27-20(18)10-7-11-22(27)29/h4-6,8-9,18-21H,7,10-15H2,1-3H3,(H,25,28)/t18-,19+,20+,21+/m1/s1. The van der Waals surface area contributed by atoms with Gasteiger partial charge in [-0.25, -0.2) is 0 Å². The van der Waals surface area contributed by atoms with Crippen molar-refractivity contribution >= 4 is 17.7 Å². The summed E-state index contributed by atoms with van der Waals surface area (Å²) >= 11 is 0. The number of piperidine rings is 3. The summed E-state index contributed by atoms with van der Waals surface area (Å²) in [7, 11) is 0. The highest BCUT2D eigenvalue weighted by Crippen LogP contribution is 2.43. The van der Waals surface area contributed by atoms with E-state index in [0.717, 1.165) is 25.7 Å². The third kappa shape index (κ3) is 3.96. The number of rotatable bonds is 4. The smallest absolute Gasteiger partial charge is 0.247 e. The zero-order chi connectivity index (χ0) is 21.5. The van der Waals surface area contributed by atoms with Crippen LogP contribution in [0.25, 0.3) is 0 Å². The van der Waals surface area contributed by atoms with E-state index >= 15 is 0 Å². The Labute approximate surface area is 179 Å². The second-order valence-corrected chi connectivity index (χ2v) is 9.79. The van der Waals surface area contributed by atoms with Gasteiger partial charge in [0.1, 0.15) is 5.54 Å². The molecule has 3 heterocycles. The van der Waals surface area contributed by atoms with Crippen LogP contribution in [0.1, 0.15) is 52.0 Å². The Balaban J connectivity index is 1.60. The van der Waals surface area contributed by atoms with Gasteiger partial charge in [0.15, 0.2) is 0 Å². The van der Waals surface area contributed by atoms with E-state index in [1.165, 1.54) is 12.5 Å². The normalized spacial score (nSPS) is 28.7. The SMILES string of the molecule is CC(=O)NC(C)(C)C(=O)N1C[C@H]2C[C@@H](C1)[C@H](Cc1ccccc1)N1C(=O)CCC[C@@H]21. The Kier molecular flexibility index (Phi) is 5.60. The lowest BCUT2D eigenvalue weighted by atomic mass is 9.70. The molecule has 0 aromatic heterocycles. The Hall–Kier alpha value is -2.37. The Morgan fingerprint density at radius 1 is 1.13 bits per heavy atom. The molecule has 4 atom stereocenters. The summed E-state index contributed by atoms with van der Waals surface area (Å²) in [5.41, 5.74) is 0.314. The Morgan fingerprint density at radius 2 is 1.83 bits per heavy atom. The van der Waals surface area contributed by atoms with Crippen molar-refractivity contribution in [3.05, 3.63) is 35.9 Å². The first-order valence-electron chi connectivity index (χ1n) is 11.2.